The Morgan fingerprint density at radius 1 is 1.00 bits per heavy atom. The minimum atomic E-state index is -0.303. The summed E-state index contributed by atoms with van der Waals surface area (Å²) in [7, 11) is 0. The molecule has 0 radical (unpaired) electrons. The second-order valence-corrected chi connectivity index (χ2v) is 7.56. The molecule has 3 rings (SSSR count). The summed E-state index contributed by atoms with van der Waals surface area (Å²) in [4.78, 5) is 5.95. The number of thioether (sulfide) groups is 1. The van der Waals surface area contributed by atoms with Crippen molar-refractivity contribution < 1.29 is 9.84 Å². The van der Waals surface area contributed by atoms with E-state index in [4.69, 9.17) is 4.74 Å². The average Bonchev–Trinajstić information content (AvgIpc) is 2.69. The minimum Gasteiger partial charge on any atom is -0.492 e. The summed E-state index contributed by atoms with van der Waals surface area (Å²) in [5, 5.41) is 10.4. The highest BCUT2D eigenvalue weighted by Gasteiger charge is 2.21. The molecule has 5 heteroatoms. The first kappa shape index (κ1) is 19.1. The Kier molecular flexibility index (Phi) is 7.23. The van der Waals surface area contributed by atoms with Crippen LogP contribution in [0.25, 0.3) is 0 Å². The van der Waals surface area contributed by atoms with Crippen LogP contribution in [0.4, 0.5) is 5.69 Å². The van der Waals surface area contributed by atoms with E-state index >= 15 is 0 Å². The molecule has 2 aromatic carbocycles. The van der Waals surface area contributed by atoms with E-state index in [1.165, 1.54) is 10.6 Å². The van der Waals surface area contributed by atoms with E-state index in [0.29, 0.717) is 6.61 Å². The fourth-order valence-corrected chi connectivity index (χ4v) is 4.07. The number of benzene rings is 2. The van der Waals surface area contributed by atoms with Crippen LogP contribution in [0.5, 0.6) is 5.75 Å². The standard InChI is InChI=1S/C21H28N2O2S/c1-2-25-21-11-7-6-10-20(21)23-14-12-22(13-15-23)16-18(24)17-26-19-8-4-3-5-9-19/h3-11,18,24H,2,12-17H2,1H3/t18-/m0/s1. The molecule has 1 saturated heterocycles. The SMILES string of the molecule is CCOc1ccccc1N1CCN(C[C@H](O)CSc2ccccc2)CC1. The Hall–Kier alpha value is -1.69. The Morgan fingerprint density at radius 3 is 2.42 bits per heavy atom. The van der Waals surface area contributed by atoms with Gasteiger partial charge in [-0.3, -0.25) is 4.90 Å². The van der Waals surface area contributed by atoms with Crippen LogP contribution in [-0.2, 0) is 0 Å². The summed E-state index contributed by atoms with van der Waals surface area (Å²) in [6, 6.07) is 18.5. The van der Waals surface area contributed by atoms with E-state index in [1.807, 2.05) is 37.3 Å². The van der Waals surface area contributed by atoms with Crippen molar-refractivity contribution in [1.82, 2.24) is 4.90 Å². The predicted molar refractivity (Wildman–Crippen MR) is 109 cm³/mol. The van der Waals surface area contributed by atoms with E-state index in [2.05, 4.69) is 34.1 Å². The van der Waals surface area contributed by atoms with Gasteiger partial charge in [0.15, 0.2) is 0 Å². The van der Waals surface area contributed by atoms with Gasteiger partial charge in [-0.15, -0.1) is 11.8 Å². The molecule has 0 aliphatic carbocycles. The van der Waals surface area contributed by atoms with Crippen LogP contribution in [0.2, 0.25) is 0 Å². The van der Waals surface area contributed by atoms with E-state index in [9.17, 15) is 5.11 Å². The number of ether oxygens (including phenoxy) is 1. The number of β-amino-alcohol motifs (C(OH)–C–C–N with tert-alkyl or cyclic N) is 1. The first-order chi connectivity index (χ1) is 12.8. The van der Waals surface area contributed by atoms with Crippen molar-refractivity contribution in [3.8, 4) is 5.75 Å². The van der Waals surface area contributed by atoms with Crippen LogP contribution in [0.15, 0.2) is 59.5 Å². The van der Waals surface area contributed by atoms with Gasteiger partial charge in [0, 0.05) is 43.4 Å². The Labute approximate surface area is 160 Å². The maximum atomic E-state index is 10.4. The summed E-state index contributed by atoms with van der Waals surface area (Å²) >= 11 is 1.72. The molecule has 0 amide bonds. The van der Waals surface area contributed by atoms with Crippen molar-refractivity contribution in [2.75, 3.05) is 50.0 Å². The monoisotopic (exact) mass is 372 g/mol. The lowest BCUT2D eigenvalue weighted by atomic mass is 10.2. The molecule has 26 heavy (non-hydrogen) atoms. The van der Waals surface area contributed by atoms with Gasteiger partial charge < -0.3 is 14.7 Å². The topological polar surface area (TPSA) is 35.9 Å². The van der Waals surface area contributed by atoms with E-state index in [-0.39, 0.29) is 6.10 Å². The molecule has 1 aliphatic heterocycles. The molecule has 0 bridgehead atoms. The van der Waals surface area contributed by atoms with E-state index in [1.54, 1.807) is 11.8 Å². The van der Waals surface area contributed by atoms with Gasteiger partial charge >= 0.3 is 0 Å². The van der Waals surface area contributed by atoms with Gasteiger partial charge in [0.1, 0.15) is 5.75 Å². The molecule has 1 aliphatic rings. The number of hydrogen-bond donors (Lipinski definition) is 1. The lowest BCUT2D eigenvalue weighted by Gasteiger charge is -2.37. The van der Waals surface area contributed by atoms with Gasteiger partial charge in [-0.1, -0.05) is 30.3 Å². The highest BCUT2D eigenvalue weighted by atomic mass is 32.2. The van der Waals surface area contributed by atoms with Gasteiger partial charge in [0.2, 0.25) is 0 Å². The van der Waals surface area contributed by atoms with Gasteiger partial charge in [0.25, 0.3) is 0 Å². The fourth-order valence-electron chi connectivity index (χ4n) is 3.23. The van der Waals surface area contributed by atoms with Crippen LogP contribution >= 0.6 is 11.8 Å². The molecule has 0 unspecified atom stereocenters. The van der Waals surface area contributed by atoms with Crippen LogP contribution in [0.3, 0.4) is 0 Å². The third-order valence-corrected chi connectivity index (χ3v) is 5.69. The Balaban J connectivity index is 1.45. The fraction of sp³-hybridized carbons (Fsp3) is 0.429. The van der Waals surface area contributed by atoms with E-state index in [0.717, 1.165) is 44.2 Å². The number of piperazine rings is 1. The number of nitrogens with zero attached hydrogens (tertiary/aromatic N) is 2. The molecule has 1 atom stereocenters. The highest BCUT2D eigenvalue weighted by molar-refractivity contribution is 7.99. The normalized spacial score (nSPS) is 16.5. The maximum Gasteiger partial charge on any atom is 0.142 e. The Bertz CT molecular complexity index is 660. The molecule has 1 N–H and O–H groups in total. The zero-order valence-electron chi connectivity index (χ0n) is 15.4. The van der Waals surface area contributed by atoms with Crippen molar-refractivity contribution in [2.45, 2.75) is 17.9 Å². The summed E-state index contributed by atoms with van der Waals surface area (Å²) in [6.45, 7) is 7.29. The number of aliphatic hydroxyl groups is 1. The number of para-hydroxylation sites is 2. The molecule has 0 spiro atoms. The number of aliphatic hydroxyl groups excluding tert-OH is 1. The molecule has 0 aromatic heterocycles. The van der Waals surface area contributed by atoms with Crippen molar-refractivity contribution in [2.24, 2.45) is 0 Å². The zero-order valence-corrected chi connectivity index (χ0v) is 16.2. The quantitative estimate of drug-likeness (QED) is 0.719. The zero-order chi connectivity index (χ0) is 18.2. The number of anilines is 1. The van der Waals surface area contributed by atoms with Crippen LogP contribution in [-0.4, -0.2) is 61.2 Å². The van der Waals surface area contributed by atoms with Crippen molar-refractivity contribution in [3.63, 3.8) is 0 Å². The van der Waals surface area contributed by atoms with Gasteiger partial charge in [-0.25, -0.2) is 0 Å². The third-order valence-electron chi connectivity index (χ3n) is 4.53. The molecule has 0 saturated carbocycles. The lowest BCUT2D eigenvalue weighted by molar-refractivity contribution is 0.126. The molecule has 140 valence electrons. The minimum absolute atomic E-state index is 0.303. The molecule has 4 nitrogen and oxygen atoms in total. The molecular formula is C21H28N2O2S. The lowest BCUT2D eigenvalue weighted by Crippen LogP contribution is -2.49. The second-order valence-electron chi connectivity index (χ2n) is 6.47. The molecule has 1 heterocycles. The van der Waals surface area contributed by atoms with Crippen LogP contribution < -0.4 is 9.64 Å². The third kappa shape index (κ3) is 5.40. The second kappa shape index (κ2) is 9.86. The van der Waals surface area contributed by atoms with Gasteiger partial charge in [-0.05, 0) is 31.2 Å². The van der Waals surface area contributed by atoms with E-state index < -0.39 is 0 Å². The van der Waals surface area contributed by atoms with Crippen LogP contribution in [0.1, 0.15) is 6.92 Å². The highest BCUT2D eigenvalue weighted by Crippen LogP contribution is 2.29. The Morgan fingerprint density at radius 2 is 1.69 bits per heavy atom. The van der Waals surface area contributed by atoms with Gasteiger partial charge in [0.05, 0.1) is 18.4 Å². The molecule has 2 aromatic rings. The van der Waals surface area contributed by atoms with Crippen molar-refractivity contribution >= 4 is 17.4 Å². The molecule has 1 fully saturated rings. The number of rotatable bonds is 8. The predicted octanol–water partition coefficient (Wildman–Crippen LogP) is 3.36. The van der Waals surface area contributed by atoms with Crippen molar-refractivity contribution in [1.29, 1.82) is 0 Å². The number of hydrogen-bond acceptors (Lipinski definition) is 5. The average molecular weight is 373 g/mol. The largest absolute Gasteiger partial charge is 0.492 e. The molecular weight excluding hydrogens is 344 g/mol. The smallest absolute Gasteiger partial charge is 0.142 e. The first-order valence-corrected chi connectivity index (χ1v) is 10.3. The van der Waals surface area contributed by atoms with Gasteiger partial charge in [-0.2, -0.15) is 0 Å². The van der Waals surface area contributed by atoms with Crippen LogP contribution in [0, 0.1) is 0 Å². The maximum absolute atomic E-state index is 10.4. The summed E-state index contributed by atoms with van der Waals surface area (Å²) < 4.78 is 5.76. The summed E-state index contributed by atoms with van der Waals surface area (Å²) in [5.41, 5.74) is 1.18. The first-order valence-electron chi connectivity index (χ1n) is 9.31. The van der Waals surface area contributed by atoms with Crippen molar-refractivity contribution in [3.05, 3.63) is 54.6 Å². The summed E-state index contributed by atoms with van der Waals surface area (Å²) in [5.74, 6) is 1.69. The summed E-state index contributed by atoms with van der Waals surface area (Å²) in [6.07, 6.45) is -0.303.